The fourth-order valence-electron chi connectivity index (χ4n) is 2.48. The summed E-state index contributed by atoms with van der Waals surface area (Å²) in [7, 11) is 1.60. The van der Waals surface area contributed by atoms with E-state index in [-0.39, 0.29) is 5.91 Å². The van der Waals surface area contributed by atoms with Gasteiger partial charge in [0.1, 0.15) is 5.52 Å². The number of carbonyl (C=O) groups excluding carboxylic acids is 1. The molecule has 1 fully saturated rings. The Morgan fingerprint density at radius 2 is 2.05 bits per heavy atom. The number of hydrogen-bond donors (Lipinski definition) is 0. The molecule has 0 bridgehead atoms. The first-order valence-electron chi connectivity index (χ1n) is 6.73. The molecule has 2 heterocycles. The summed E-state index contributed by atoms with van der Waals surface area (Å²) in [5.41, 5.74) is 0.805. The molecule has 3 rings (SSSR count). The van der Waals surface area contributed by atoms with Crippen LogP contribution in [0, 0.1) is 0 Å². The highest BCUT2D eigenvalue weighted by Crippen LogP contribution is 2.38. The molecule has 0 radical (unpaired) electrons. The molecule has 112 valence electrons. The topological polar surface area (TPSA) is 45.7 Å². The van der Waals surface area contributed by atoms with Gasteiger partial charge in [0.2, 0.25) is 5.91 Å². The molecule has 1 saturated heterocycles. The van der Waals surface area contributed by atoms with Crippen molar-refractivity contribution in [1.82, 2.24) is 9.88 Å². The molecule has 21 heavy (non-hydrogen) atoms. The van der Waals surface area contributed by atoms with Gasteiger partial charge in [0.15, 0.2) is 10.9 Å². The summed E-state index contributed by atoms with van der Waals surface area (Å²) in [5, 5.41) is 1.53. The molecule has 0 unspecified atom stereocenters. The summed E-state index contributed by atoms with van der Waals surface area (Å²) < 4.78 is 6.40. The number of amides is 1. The van der Waals surface area contributed by atoms with E-state index in [1.54, 1.807) is 25.4 Å². The van der Waals surface area contributed by atoms with Crippen LogP contribution in [-0.2, 0) is 4.79 Å². The largest absolute Gasteiger partial charge is 0.493 e. The van der Waals surface area contributed by atoms with Crippen molar-refractivity contribution in [2.24, 2.45) is 0 Å². The maximum atomic E-state index is 11.4. The Kier molecular flexibility index (Phi) is 3.91. The average Bonchev–Trinajstić information content (AvgIpc) is 2.91. The summed E-state index contributed by atoms with van der Waals surface area (Å²) in [6.07, 6.45) is 0. The van der Waals surface area contributed by atoms with E-state index in [4.69, 9.17) is 16.3 Å². The van der Waals surface area contributed by atoms with Gasteiger partial charge in [0, 0.05) is 33.1 Å². The van der Waals surface area contributed by atoms with Crippen molar-refractivity contribution in [2.45, 2.75) is 6.92 Å². The maximum Gasteiger partial charge on any atom is 0.219 e. The maximum absolute atomic E-state index is 11.4. The predicted molar refractivity (Wildman–Crippen MR) is 85.6 cm³/mol. The number of methoxy groups -OCH3 is 1. The third kappa shape index (κ3) is 2.65. The van der Waals surface area contributed by atoms with Crippen LogP contribution in [0.5, 0.6) is 5.75 Å². The lowest BCUT2D eigenvalue weighted by Crippen LogP contribution is -2.48. The first-order valence-corrected chi connectivity index (χ1v) is 7.93. The number of halogens is 1. The molecule has 0 atom stereocenters. The van der Waals surface area contributed by atoms with Gasteiger partial charge in [-0.15, -0.1) is 0 Å². The molecular weight excluding hydrogens is 310 g/mol. The molecule has 1 aromatic carbocycles. The number of aromatic nitrogens is 1. The average molecular weight is 326 g/mol. The van der Waals surface area contributed by atoms with E-state index in [1.807, 2.05) is 17.0 Å². The molecule has 1 amide bonds. The number of thiazole rings is 1. The van der Waals surface area contributed by atoms with E-state index in [9.17, 15) is 4.79 Å². The minimum atomic E-state index is 0.132. The monoisotopic (exact) mass is 325 g/mol. The van der Waals surface area contributed by atoms with E-state index >= 15 is 0 Å². The molecule has 1 aromatic heterocycles. The summed E-state index contributed by atoms with van der Waals surface area (Å²) in [6.45, 7) is 4.69. The lowest BCUT2D eigenvalue weighted by atomic mass is 10.3. The SMILES string of the molecule is COc1c(Cl)ccc2sc(N3CCN(C(C)=O)CC3)nc12. The van der Waals surface area contributed by atoms with Crippen molar-refractivity contribution in [2.75, 3.05) is 38.2 Å². The predicted octanol–water partition coefficient (Wildman–Crippen LogP) is 2.63. The minimum absolute atomic E-state index is 0.132. The number of fused-ring (bicyclic) bond motifs is 1. The molecule has 5 nitrogen and oxygen atoms in total. The fourth-order valence-corrected chi connectivity index (χ4v) is 3.72. The Hall–Kier alpha value is -1.53. The molecular formula is C14H16ClN3O2S. The van der Waals surface area contributed by atoms with E-state index in [0.29, 0.717) is 10.8 Å². The van der Waals surface area contributed by atoms with Crippen LogP contribution in [0.1, 0.15) is 6.92 Å². The molecule has 0 spiro atoms. The summed E-state index contributed by atoms with van der Waals surface area (Å²) in [5.74, 6) is 0.756. The number of rotatable bonds is 2. The summed E-state index contributed by atoms with van der Waals surface area (Å²) in [4.78, 5) is 20.1. The second-order valence-electron chi connectivity index (χ2n) is 4.92. The Labute approximate surface area is 132 Å². The lowest BCUT2D eigenvalue weighted by Gasteiger charge is -2.33. The van der Waals surface area contributed by atoms with Gasteiger partial charge in [-0.25, -0.2) is 4.98 Å². The van der Waals surface area contributed by atoms with Crippen molar-refractivity contribution in [3.05, 3.63) is 17.2 Å². The smallest absolute Gasteiger partial charge is 0.219 e. The summed E-state index contributed by atoms with van der Waals surface area (Å²) in [6, 6.07) is 3.80. The van der Waals surface area contributed by atoms with Gasteiger partial charge in [-0.05, 0) is 12.1 Å². The highest BCUT2D eigenvalue weighted by atomic mass is 35.5. The van der Waals surface area contributed by atoms with Crippen LogP contribution >= 0.6 is 22.9 Å². The van der Waals surface area contributed by atoms with Crippen molar-refractivity contribution < 1.29 is 9.53 Å². The zero-order valence-corrected chi connectivity index (χ0v) is 13.5. The molecule has 0 N–H and O–H groups in total. The molecule has 7 heteroatoms. The van der Waals surface area contributed by atoms with Crippen LogP contribution in [0.15, 0.2) is 12.1 Å². The number of nitrogens with zero attached hydrogens (tertiary/aromatic N) is 3. The van der Waals surface area contributed by atoms with Gasteiger partial charge in [0.05, 0.1) is 16.8 Å². The normalized spacial score (nSPS) is 15.6. The second kappa shape index (κ2) is 5.69. The highest BCUT2D eigenvalue weighted by Gasteiger charge is 2.22. The number of benzene rings is 1. The third-order valence-electron chi connectivity index (χ3n) is 3.65. The second-order valence-corrected chi connectivity index (χ2v) is 6.33. The number of anilines is 1. The van der Waals surface area contributed by atoms with Gasteiger partial charge in [0.25, 0.3) is 0 Å². The number of carbonyl (C=O) groups is 1. The zero-order valence-electron chi connectivity index (χ0n) is 11.9. The fraction of sp³-hybridized carbons (Fsp3) is 0.429. The summed E-state index contributed by atoms with van der Waals surface area (Å²) >= 11 is 7.76. The molecule has 1 aliphatic rings. The molecule has 1 aliphatic heterocycles. The van der Waals surface area contributed by atoms with Crippen molar-refractivity contribution in [3.8, 4) is 5.75 Å². The van der Waals surface area contributed by atoms with Crippen molar-refractivity contribution in [1.29, 1.82) is 0 Å². The van der Waals surface area contributed by atoms with Crippen LogP contribution in [0.4, 0.5) is 5.13 Å². The quantitative estimate of drug-likeness (QED) is 0.851. The zero-order chi connectivity index (χ0) is 15.0. The minimum Gasteiger partial charge on any atom is -0.493 e. The molecule has 0 aliphatic carbocycles. The standard InChI is InChI=1S/C14H16ClN3O2S/c1-9(19)17-5-7-18(8-6-17)14-16-12-11(21-14)4-3-10(15)13(12)20-2/h3-4H,5-8H2,1-2H3. The first kappa shape index (κ1) is 14.4. The van der Waals surface area contributed by atoms with Gasteiger partial charge in [-0.1, -0.05) is 22.9 Å². The van der Waals surface area contributed by atoms with E-state index in [1.165, 1.54) is 0 Å². The van der Waals surface area contributed by atoms with E-state index in [2.05, 4.69) is 9.88 Å². The van der Waals surface area contributed by atoms with Crippen LogP contribution in [0.3, 0.4) is 0 Å². The third-order valence-corrected chi connectivity index (χ3v) is 5.03. The highest BCUT2D eigenvalue weighted by molar-refractivity contribution is 7.22. The van der Waals surface area contributed by atoms with Crippen LogP contribution < -0.4 is 9.64 Å². The Balaban J connectivity index is 1.87. The van der Waals surface area contributed by atoms with Crippen LogP contribution in [-0.4, -0.2) is 49.1 Å². The number of hydrogen-bond acceptors (Lipinski definition) is 5. The lowest BCUT2D eigenvalue weighted by molar-refractivity contribution is -0.129. The van der Waals surface area contributed by atoms with Crippen LogP contribution in [0.2, 0.25) is 5.02 Å². The van der Waals surface area contributed by atoms with E-state index < -0.39 is 0 Å². The number of piperazine rings is 1. The van der Waals surface area contributed by atoms with E-state index in [0.717, 1.165) is 41.5 Å². The van der Waals surface area contributed by atoms with Gasteiger partial charge < -0.3 is 14.5 Å². The van der Waals surface area contributed by atoms with Gasteiger partial charge in [-0.2, -0.15) is 0 Å². The van der Waals surface area contributed by atoms with Crippen LogP contribution in [0.25, 0.3) is 10.2 Å². The molecule has 2 aromatic rings. The van der Waals surface area contributed by atoms with Crippen molar-refractivity contribution >= 4 is 44.2 Å². The van der Waals surface area contributed by atoms with Crippen molar-refractivity contribution in [3.63, 3.8) is 0 Å². The molecule has 0 saturated carbocycles. The Morgan fingerprint density at radius 3 is 2.67 bits per heavy atom. The van der Waals surface area contributed by atoms with Gasteiger partial charge in [-0.3, -0.25) is 4.79 Å². The Morgan fingerprint density at radius 1 is 1.33 bits per heavy atom. The van der Waals surface area contributed by atoms with Gasteiger partial charge >= 0.3 is 0 Å². The first-order chi connectivity index (χ1) is 10.1. The Bertz CT molecular complexity index is 680. The number of ether oxygens (including phenoxy) is 1.